The molecule has 92 valence electrons. The Labute approximate surface area is 92.6 Å². The number of carbonyl (C=O) groups excluding carboxylic acids is 2. The average molecular weight is 232 g/mol. The molecule has 0 aliphatic heterocycles. The maximum Gasteiger partial charge on any atom is 0.303 e. The van der Waals surface area contributed by atoms with Crippen LogP contribution in [0.4, 0.5) is 0 Å². The molecule has 0 heterocycles. The molecule has 3 atom stereocenters. The summed E-state index contributed by atoms with van der Waals surface area (Å²) in [5.41, 5.74) is 5.40. The number of nitrogens with one attached hydrogen (secondary N) is 1. The van der Waals surface area contributed by atoms with E-state index in [0.29, 0.717) is 6.29 Å². The molecule has 0 aromatic rings. The summed E-state index contributed by atoms with van der Waals surface area (Å²) in [5.74, 6) is -1.70. The van der Waals surface area contributed by atoms with Crippen molar-refractivity contribution in [3.05, 3.63) is 0 Å². The Hall–Kier alpha value is -1.47. The lowest BCUT2D eigenvalue weighted by Gasteiger charge is -2.18. The lowest BCUT2D eigenvalue weighted by atomic mass is 10.1. The lowest BCUT2D eigenvalue weighted by molar-refractivity contribution is -0.137. The molecule has 16 heavy (non-hydrogen) atoms. The van der Waals surface area contributed by atoms with Gasteiger partial charge in [-0.15, -0.1) is 0 Å². The maximum absolute atomic E-state index is 11.3. The van der Waals surface area contributed by atoms with Gasteiger partial charge in [0.2, 0.25) is 5.91 Å². The van der Waals surface area contributed by atoms with Crippen LogP contribution in [0.1, 0.15) is 19.8 Å². The van der Waals surface area contributed by atoms with Crippen molar-refractivity contribution in [1.82, 2.24) is 5.32 Å². The highest BCUT2D eigenvalue weighted by molar-refractivity contribution is 5.84. The molecule has 0 aromatic heterocycles. The quantitative estimate of drug-likeness (QED) is 0.385. The number of carboxylic acids is 1. The number of carboxylic acid groups (broad SMARTS) is 1. The second-order valence-corrected chi connectivity index (χ2v) is 3.45. The van der Waals surface area contributed by atoms with Crippen LogP contribution in [0.5, 0.6) is 0 Å². The Morgan fingerprint density at radius 1 is 1.50 bits per heavy atom. The van der Waals surface area contributed by atoms with Crippen molar-refractivity contribution in [2.75, 3.05) is 0 Å². The zero-order valence-corrected chi connectivity index (χ0v) is 8.92. The fraction of sp³-hybridized carbons (Fsp3) is 0.667. The van der Waals surface area contributed by atoms with Gasteiger partial charge in [-0.2, -0.15) is 0 Å². The van der Waals surface area contributed by atoms with Crippen LogP contribution >= 0.6 is 0 Å². The molecule has 0 unspecified atom stereocenters. The molecule has 0 radical (unpaired) electrons. The average Bonchev–Trinajstić information content (AvgIpc) is 2.21. The summed E-state index contributed by atoms with van der Waals surface area (Å²) in [6.45, 7) is 1.35. The van der Waals surface area contributed by atoms with Crippen molar-refractivity contribution in [3.63, 3.8) is 0 Å². The van der Waals surface area contributed by atoms with E-state index in [-0.39, 0.29) is 12.8 Å². The number of nitrogens with two attached hydrogens (primary N) is 1. The van der Waals surface area contributed by atoms with Crippen LogP contribution in [-0.4, -0.2) is 46.6 Å². The van der Waals surface area contributed by atoms with Gasteiger partial charge in [0, 0.05) is 6.42 Å². The number of aliphatic carboxylic acids is 1. The topological polar surface area (TPSA) is 130 Å². The summed E-state index contributed by atoms with van der Waals surface area (Å²) < 4.78 is 0. The predicted molar refractivity (Wildman–Crippen MR) is 54.5 cm³/mol. The summed E-state index contributed by atoms with van der Waals surface area (Å²) in [4.78, 5) is 32.0. The Kier molecular flexibility index (Phi) is 6.28. The van der Waals surface area contributed by atoms with Crippen molar-refractivity contribution in [1.29, 1.82) is 0 Å². The van der Waals surface area contributed by atoms with E-state index in [9.17, 15) is 14.4 Å². The highest BCUT2D eigenvalue weighted by Gasteiger charge is 2.21. The molecular formula is C9H16N2O5. The van der Waals surface area contributed by atoms with E-state index in [1.165, 1.54) is 6.92 Å². The smallest absolute Gasteiger partial charge is 0.303 e. The number of amides is 1. The van der Waals surface area contributed by atoms with Crippen LogP contribution in [-0.2, 0) is 14.4 Å². The normalized spacial score (nSPS) is 15.9. The Morgan fingerprint density at radius 2 is 2.06 bits per heavy atom. The molecule has 7 nitrogen and oxygen atoms in total. The zero-order chi connectivity index (χ0) is 12.7. The zero-order valence-electron chi connectivity index (χ0n) is 8.92. The van der Waals surface area contributed by atoms with Gasteiger partial charge in [0.05, 0.1) is 12.1 Å². The van der Waals surface area contributed by atoms with Gasteiger partial charge in [-0.25, -0.2) is 0 Å². The Balaban J connectivity index is 4.13. The van der Waals surface area contributed by atoms with Gasteiger partial charge in [0.1, 0.15) is 12.3 Å². The highest BCUT2D eigenvalue weighted by atomic mass is 16.4. The lowest BCUT2D eigenvalue weighted by Crippen LogP contribution is -2.49. The first kappa shape index (κ1) is 14.5. The minimum atomic E-state index is -1.05. The van der Waals surface area contributed by atoms with Crippen molar-refractivity contribution >= 4 is 18.2 Å². The Bertz CT molecular complexity index is 267. The molecule has 0 aliphatic rings. The van der Waals surface area contributed by atoms with Gasteiger partial charge >= 0.3 is 5.97 Å². The van der Waals surface area contributed by atoms with Gasteiger partial charge in [-0.05, 0) is 13.3 Å². The molecule has 0 rings (SSSR count). The molecule has 0 spiro atoms. The highest BCUT2D eigenvalue weighted by Crippen LogP contribution is 1.96. The predicted octanol–water partition coefficient (Wildman–Crippen LogP) is -1.76. The monoisotopic (exact) mass is 232 g/mol. The minimum absolute atomic E-state index is 0.0213. The van der Waals surface area contributed by atoms with E-state index in [0.717, 1.165) is 0 Å². The fourth-order valence-corrected chi connectivity index (χ4v) is 0.950. The van der Waals surface area contributed by atoms with Crippen molar-refractivity contribution < 1.29 is 24.6 Å². The largest absolute Gasteiger partial charge is 0.481 e. The number of hydrogen-bond donors (Lipinski definition) is 4. The second kappa shape index (κ2) is 6.91. The number of carbonyl (C=O) groups is 3. The van der Waals surface area contributed by atoms with Crippen molar-refractivity contribution in [2.24, 2.45) is 5.73 Å². The summed E-state index contributed by atoms with van der Waals surface area (Å²) in [5, 5.41) is 19.7. The first-order valence-corrected chi connectivity index (χ1v) is 4.79. The third-order valence-corrected chi connectivity index (χ3v) is 1.98. The fourth-order valence-electron chi connectivity index (χ4n) is 0.950. The van der Waals surface area contributed by atoms with Gasteiger partial charge < -0.3 is 26.1 Å². The number of aliphatic hydroxyl groups is 1. The Morgan fingerprint density at radius 3 is 2.44 bits per heavy atom. The van der Waals surface area contributed by atoms with Crippen molar-refractivity contribution in [3.8, 4) is 0 Å². The van der Waals surface area contributed by atoms with Gasteiger partial charge in [0.25, 0.3) is 0 Å². The number of aldehydes is 1. The van der Waals surface area contributed by atoms with E-state index >= 15 is 0 Å². The van der Waals surface area contributed by atoms with Gasteiger partial charge in [-0.1, -0.05) is 0 Å². The number of hydrogen-bond acceptors (Lipinski definition) is 5. The van der Waals surface area contributed by atoms with E-state index in [1.54, 1.807) is 0 Å². The van der Waals surface area contributed by atoms with Crippen LogP contribution in [0, 0.1) is 0 Å². The standard InChI is InChI=1S/C9H16N2O5/c1-5(13)7(4-12)11-9(16)6(10)2-3-8(14)15/h4-7,13H,2-3,10H2,1H3,(H,11,16)(H,14,15)/t5-,6+,7-/m1/s1. The minimum Gasteiger partial charge on any atom is -0.481 e. The summed E-state index contributed by atoms with van der Waals surface area (Å²) in [7, 11) is 0. The molecule has 0 saturated heterocycles. The van der Waals surface area contributed by atoms with Crippen molar-refractivity contribution in [2.45, 2.75) is 38.0 Å². The number of rotatable bonds is 7. The van der Waals surface area contributed by atoms with E-state index in [4.69, 9.17) is 15.9 Å². The van der Waals surface area contributed by atoms with E-state index in [1.807, 2.05) is 0 Å². The van der Waals surface area contributed by atoms with Crippen LogP contribution in [0.2, 0.25) is 0 Å². The molecule has 1 amide bonds. The molecule has 0 fully saturated rings. The van der Waals surface area contributed by atoms with Crippen LogP contribution in [0.25, 0.3) is 0 Å². The first-order chi connectivity index (χ1) is 7.38. The first-order valence-electron chi connectivity index (χ1n) is 4.79. The second-order valence-electron chi connectivity index (χ2n) is 3.45. The summed E-state index contributed by atoms with van der Waals surface area (Å²) >= 11 is 0. The molecule has 5 N–H and O–H groups in total. The molecule has 7 heteroatoms. The third kappa shape index (κ3) is 5.42. The molecule has 0 aliphatic carbocycles. The maximum atomic E-state index is 11.3. The molecule has 0 bridgehead atoms. The number of aliphatic hydroxyl groups excluding tert-OH is 1. The van der Waals surface area contributed by atoms with Gasteiger partial charge in [-0.3, -0.25) is 9.59 Å². The SMILES string of the molecule is C[C@@H](O)[C@@H](C=O)NC(=O)[C@@H](N)CCC(=O)O. The van der Waals surface area contributed by atoms with E-state index in [2.05, 4.69) is 5.32 Å². The summed E-state index contributed by atoms with van der Waals surface area (Å²) in [6.07, 6.45) is -0.873. The molecule has 0 saturated carbocycles. The summed E-state index contributed by atoms with van der Waals surface area (Å²) in [6, 6.07) is -2.03. The van der Waals surface area contributed by atoms with Crippen LogP contribution in [0.15, 0.2) is 0 Å². The third-order valence-electron chi connectivity index (χ3n) is 1.98. The van der Waals surface area contributed by atoms with Gasteiger partial charge in [0.15, 0.2) is 0 Å². The molecule has 0 aromatic carbocycles. The molecular weight excluding hydrogens is 216 g/mol. The van der Waals surface area contributed by atoms with Crippen LogP contribution in [0.3, 0.4) is 0 Å². The van der Waals surface area contributed by atoms with Crippen LogP contribution < -0.4 is 11.1 Å². The van der Waals surface area contributed by atoms with E-state index < -0.39 is 30.1 Å².